The predicted octanol–water partition coefficient (Wildman–Crippen LogP) is 3.57. The van der Waals surface area contributed by atoms with Crippen molar-refractivity contribution in [1.29, 1.82) is 0 Å². The van der Waals surface area contributed by atoms with E-state index in [0.29, 0.717) is 6.04 Å². The Balaban J connectivity index is 3.24. The molecule has 0 aromatic rings. The van der Waals surface area contributed by atoms with E-state index >= 15 is 0 Å². The van der Waals surface area contributed by atoms with Gasteiger partial charge in [-0.3, -0.25) is 0 Å². The summed E-state index contributed by atoms with van der Waals surface area (Å²) >= 11 is 0. The van der Waals surface area contributed by atoms with Crippen molar-refractivity contribution in [2.75, 3.05) is 6.54 Å². The Kier molecular flexibility index (Phi) is 3.98. The lowest BCUT2D eigenvalue weighted by Crippen LogP contribution is -2.62. The maximum absolute atomic E-state index is 3.92. The predicted molar refractivity (Wildman–Crippen MR) is 80.9 cm³/mol. The Morgan fingerprint density at radius 2 is 1.44 bits per heavy atom. The lowest BCUT2D eigenvalue weighted by Gasteiger charge is -2.48. The van der Waals surface area contributed by atoms with Gasteiger partial charge in [0, 0.05) is 17.1 Å². The van der Waals surface area contributed by atoms with Crippen LogP contribution in [0.25, 0.3) is 0 Å². The summed E-state index contributed by atoms with van der Waals surface area (Å²) in [5.41, 5.74) is 0.730. The molecule has 1 fully saturated rings. The van der Waals surface area contributed by atoms with Crippen molar-refractivity contribution < 1.29 is 0 Å². The second-order valence-electron chi connectivity index (χ2n) is 8.29. The Hall–Kier alpha value is -0.0800. The minimum absolute atomic E-state index is 0.108. The molecule has 2 N–H and O–H groups in total. The molecular formula is C16H34N2. The zero-order valence-electron chi connectivity index (χ0n) is 14.0. The average Bonchev–Trinajstić information content (AvgIpc) is 2.16. The summed E-state index contributed by atoms with van der Waals surface area (Å²) in [5.74, 6) is 0. The number of hydrogen-bond donors (Lipinski definition) is 2. The molecule has 1 aliphatic rings. The van der Waals surface area contributed by atoms with Crippen molar-refractivity contribution in [1.82, 2.24) is 10.6 Å². The zero-order valence-corrected chi connectivity index (χ0v) is 14.0. The molecule has 1 heterocycles. The third-order valence-corrected chi connectivity index (χ3v) is 5.96. The van der Waals surface area contributed by atoms with Gasteiger partial charge in [0.05, 0.1) is 0 Å². The van der Waals surface area contributed by atoms with E-state index in [1.54, 1.807) is 0 Å². The lowest BCUT2D eigenvalue weighted by molar-refractivity contribution is 0.0936. The van der Waals surface area contributed by atoms with Gasteiger partial charge in [-0.2, -0.15) is 0 Å². The van der Waals surface area contributed by atoms with Gasteiger partial charge in [0.2, 0.25) is 0 Å². The van der Waals surface area contributed by atoms with E-state index in [4.69, 9.17) is 0 Å². The van der Waals surface area contributed by atoms with Crippen LogP contribution in [0, 0.1) is 10.8 Å². The van der Waals surface area contributed by atoms with E-state index < -0.39 is 0 Å². The van der Waals surface area contributed by atoms with Gasteiger partial charge in [-0.15, -0.1) is 0 Å². The third kappa shape index (κ3) is 2.46. The second-order valence-corrected chi connectivity index (χ2v) is 8.29. The summed E-state index contributed by atoms with van der Waals surface area (Å²) in [5, 5.41) is 7.65. The van der Waals surface area contributed by atoms with Crippen molar-refractivity contribution in [2.45, 2.75) is 85.9 Å². The van der Waals surface area contributed by atoms with Crippen LogP contribution in [0.4, 0.5) is 0 Å². The monoisotopic (exact) mass is 254 g/mol. The van der Waals surface area contributed by atoms with Crippen LogP contribution < -0.4 is 10.6 Å². The first kappa shape index (κ1) is 16.0. The molecule has 18 heavy (non-hydrogen) atoms. The van der Waals surface area contributed by atoms with Gasteiger partial charge in [0.25, 0.3) is 0 Å². The number of rotatable bonds is 2. The van der Waals surface area contributed by atoms with Gasteiger partial charge in [0.1, 0.15) is 0 Å². The maximum Gasteiger partial charge on any atom is 0.0196 e. The number of nitrogens with one attached hydrogen (secondary N) is 2. The molecule has 0 aromatic carbocycles. The first-order chi connectivity index (χ1) is 7.87. The van der Waals surface area contributed by atoms with Crippen LogP contribution in [0.1, 0.15) is 68.7 Å². The van der Waals surface area contributed by atoms with E-state index in [0.717, 1.165) is 6.54 Å². The van der Waals surface area contributed by atoms with E-state index in [2.05, 4.69) is 72.9 Å². The van der Waals surface area contributed by atoms with E-state index in [9.17, 15) is 0 Å². The van der Waals surface area contributed by atoms with Gasteiger partial charge >= 0.3 is 0 Å². The Labute approximate surface area is 114 Å². The highest BCUT2D eigenvalue weighted by atomic mass is 15.1. The van der Waals surface area contributed by atoms with Crippen molar-refractivity contribution in [3.05, 3.63) is 0 Å². The summed E-state index contributed by atoms with van der Waals surface area (Å²) in [6, 6.07) is 0.543. The van der Waals surface area contributed by atoms with E-state index in [1.165, 1.54) is 6.42 Å². The van der Waals surface area contributed by atoms with Crippen molar-refractivity contribution in [3.63, 3.8) is 0 Å². The average molecular weight is 254 g/mol. The largest absolute Gasteiger partial charge is 0.314 e. The molecule has 0 bridgehead atoms. The molecule has 0 saturated carbocycles. The Bertz CT molecular complexity index is 300. The molecule has 0 spiro atoms. The van der Waals surface area contributed by atoms with E-state index in [-0.39, 0.29) is 21.9 Å². The molecule has 2 heteroatoms. The Morgan fingerprint density at radius 3 is 1.89 bits per heavy atom. The molecule has 1 saturated heterocycles. The fourth-order valence-electron chi connectivity index (χ4n) is 3.14. The quantitative estimate of drug-likeness (QED) is 0.787. The molecule has 108 valence electrons. The summed E-state index contributed by atoms with van der Waals surface area (Å²) < 4.78 is 0. The van der Waals surface area contributed by atoms with Crippen LogP contribution in [0.2, 0.25) is 0 Å². The molecule has 0 aromatic heterocycles. The van der Waals surface area contributed by atoms with Gasteiger partial charge < -0.3 is 10.6 Å². The van der Waals surface area contributed by atoms with Crippen LogP contribution in [0.5, 0.6) is 0 Å². The smallest absolute Gasteiger partial charge is 0.0196 e. The zero-order chi connectivity index (χ0) is 14.4. The third-order valence-electron chi connectivity index (χ3n) is 5.96. The van der Waals surface area contributed by atoms with Crippen LogP contribution in [0.3, 0.4) is 0 Å². The molecule has 0 radical (unpaired) electrons. The minimum atomic E-state index is 0.108. The van der Waals surface area contributed by atoms with Crippen molar-refractivity contribution in [3.8, 4) is 0 Å². The van der Waals surface area contributed by atoms with Crippen molar-refractivity contribution in [2.24, 2.45) is 10.8 Å². The molecule has 1 unspecified atom stereocenters. The Morgan fingerprint density at radius 1 is 0.944 bits per heavy atom. The fourth-order valence-corrected chi connectivity index (χ4v) is 3.14. The van der Waals surface area contributed by atoms with Crippen molar-refractivity contribution >= 4 is 0 Å². The van der Waals surface area contributed by atoms with Crippen LogP contribution in [0.15, 0.2) is 0 Å². The van der Waals surface area contributed by atoms with Gasteiger partial charge in [-0.05, 0) is 51.5 Å². The summed E-state index contributed by atoms with van der Waals surface area (Å²) in [4.78, 5) is 0. The highest BCUT2D eigenvalue weighted by molar-refractivity contribution is 5.11. The number of hydrogen-bond acceptors (Lipinski definition) is 2. The van der Waals surface area contributed by atoms with E-state index in [1.807, 2.05) is 0 Å². The molecule has 1 atom stereocenters. The highest BCUT2D eigenvalue weighted by Crippen LogP contribution is 2.48. The van der Waals surface area contributed by atoms with Gasteiger partial charge in [-0.25, -0.2) is 0 Å². The first-order valence-corrected chi connectivity index (χ1v) is 7.40. The van der Waals surface area contributed by atoms with Gasteiger partial charge in [-0.1, -0.05) is 34.6 Å². The standard InChI is InChI=1S/C16H34N2/c1-10-17-12-11-13(2,3)15(6,7)18-16(8,9)14(12,4)5/h12,17-18H,10-11H2,1-9H3. The summed E-state index contributed by atoms with van der Waals surface area (Å²) in [7, 11) is 0. The van der Waals surface area contributed by atoms with Crippen LogP contribution in [-0.4, -0.2) is 23.7 Å². The molecule has 1 rings (SSSR count). The van der Waals surface area contributed by atoms with Crippen LogP contribution in [-0.2, 0) is 0 Å². The SMILES string of the molecule is CCNC1CC(C)(C)C(C)(C)NC(C)(C)C1(C)C. The summed E-state index contributed by atoms with van der Waals surface area (Å²) in [6.45, 7) is 22.2. The fraction of sp³-hybridized carbons (Fsp3) is 1.00. The topological polar surface area (TPSA) is 24.1 Å². The molecule has 2 nitrogen and oxygen atoms in total. The van der Waals surface area contributed by atoms with Crippen LogP contribution >= 0.6 is 0 Å². The molecule has 0 amide bonds. The lowest BCUT2D eigenvalue weighted by atomic mass is 9.66. The molecule has 0 aliphatic carbocycles. The minimum Gasteiger partial charge on any atom is -0.314 e. The normalized spacial score (nSPS) is 32.8. The molecular weight excluding hydrogens is 220 g/mol. The van der Waals surface area contributed by atoms with Gasteiger partial charge in [0.15, 0.2) is 0 Å². The molecule has 1 aliphatic heterocycles. The first-order valence-electron chi connectivity index (χ1n) is 7.40. The maximum atomic E-state index is 3.92. The second kappa shape index (κ2) is 4.49. The highest BCUT2D eigenvalue weighted by Gasteiger charge is 2.53. The summed E-state index contributed by atoms with van der Waals surface area (Å²) in [6.07, 6.45) is 1.21.